The van der Waals surface area contributed by atoms with Crippen molar-refractivity contribution in [3.8, 4) is 16.9 Å². The van der Waals surface area contributed by atoms with Crippen LogP contribution in [-0.2, 0) is 11.2 Å². The molecule has 1 aliphatic rings. The van der Waals surface area contributed by atoms with Crippen LogP contribution in [0.25, 0.3) is 11.1 Å². The molecule has 0 aliphatic carbocycles. The first kappa shape index (κ1) is 17.8. The lowest BCUT2D eigenvalue weighted by molar-refractivity contribution is -0.140. The topological polar surface area (TPSA) is 88.5 Å². The Balaban J connectivity index is 1.80. The van der Waals surface area contributed by atoms with Crippen molar-refractivity contribution < 1.29 is 28.2 Å². The number of amides is 1. The number of fused-ring (bicyclic) bond motifs is 1. The van der Waals surface area contributed by atoms with Gasteiger partial charge in [-0.3, -0.25) is 9.78 Å². The highest BCUT2D eigenvalue weighted by Crippen LogP contribution is 2.30. The summed E-state index contributed by atoms with van der Waals surface area (Å²) in [6, 6.07) is 5.50. The Bertz CT molecular complexity index is 842. The number of pyridine rings is 1. The monoisotopic (exact) mass is 362 g/mol. The van der Waals surface area contributed by atoms with E-state index in [0.29, 0.717) is 12.2 Å². The number of nitrogens with one attached hydrogen (secondary N) is 1. The molecule has 1 atom stereocenters. The molecule has 0 saturated heterocycles. The smallest absolute Gasteiger partial charge is 0.326 e. The summed E-state index contributed by atoms with van der Waals surface area (Å²) >= 11 is 0. The van der Waals surface area contributed by atoms with Crippen LogP contribution in [0.2, 0.25) is 0 Å². The maximum absolute atomic E-state index is 12.5. The Morgan fingerprint density at radius 2 is 2.04 bits per heavy atom. The van der Waals surface area contributed by atoms with Crippen LogP contribution in [-0.4, -0.2) is 41.0 Å². The standard InChI is InChI=1S/C18H16F2N2O4/c19-16(20)7-14(18(24)25)22-17(23)13-6-12(8-21-9-13)10-1-2-15-11(5-10)3-4-26-15/h1-2,5-6,8-9,14,16H,3-4,7H2,(H,22,23)(H,24,25). The third-order valence-electron chi connectivity index (χ3n) is 4.04. The molecule has 0 bridgehead atoms. The molecule has 1 aliphatic heterocycles. The Labute approximate surface area is 147 Å². The molecule has 1 unspecified atom stereocenters. The van der Waals surface area contributed by atoms with Crippen LogP contribution in [0.5, 0.6) is 5.75 Å². The van der Waals surface area contributed by atoms with Gasteiger partial charge in [0.05, 0.1) is 12.2 Å². The molecule has 8 heteroatoms. The van der Waals surface area contributed by atoms with Crippen molar-refractivity contribution in [2.24, 2.45) is 0 Å². The van der Waals surface area contributed by atoms with E-state index in [1.54, 1.807) is 12.3 Å². The zero-order valence-corrected chi connectivity index (χ0v) is 13.6. The van der Waals surface area contributed by atoms with Gasteiger partial charge in [-0.15, -0.1) is 0 Å². The first-order valence-electron chi connectivity index (χ1n) is 7.97. The van der Waals surface area contributed by atoms with E-state index >= 15 is 0 Å². The van der Waals surface area contributed by atoms with E-state index in [2.05, 4.69) is 10.3 Å². The molecule has 1 aromatic carbocycles. The summed E-state index contributed by atoms with van der Waals surface area (Å²) in [5.41, 5.74) is 2.65. The van der Waals surface area contributed by atoms with E-state index in [0.717, 1.165) is 23.3 Å². The molecule has 2 N–H and O–H groups in total. The highest BCUT2D eigenvalue weighted by Gasteiger charge is 2.25. The number of hydrogen-bond donors (Lipinski definition) is 2. The van der Waals surface area contributed by atoms with Gasteiger partial charge >= 0.3 is 5.97 Å². The fourth-order valence-corrected chi connectivity index (χ4v) is 2.73. The van der Waals surface area contributed by atoms with Crippen LogP contribution >= 0.6 is 0 Å². The number of carbonyl (C=O) groups excluding carboxylic acids is 1. The minimum atomic E-state index is -2.84. The van der Waals surface area contributed by atoms with Gasteiger partial charge in [0.2, 0.25) is 6.43 Å². The largest absolute Gasteiger partial charge is 0.493 e. The number of aromatic nitrogens is 1. The van der Waals surface area contributed by atoms with E-state index in [1.807, 2.05) is 18.2 Å². The van der Waals surface area contributed by atoms with Gasteiger partial charge in [0.1, 0.15) is 11.8 Å². The Kier molecular flexibility index (Phi) is 5.11. The molecule has 6 nitrogen and oxygen atoms in total. The minimum Gasteiger partial charge on any atom is -0.493 e. The normalized spacial score (nSPS) is 13.8. The number of halogens is 2. The number of carbonyl (C=O) groups is 2. The highest BCUT2D eigenvalue weighted by atomic mass is 19.3. The van der Waals surface area contributed by atoms with Gasteiger partial charge in [-0.2, -0.15) is 0 Å². The summed E-state index contributed by atoms with van der Waals surface area (Å²) in [6.45, 7) is 0.625. The number of carboxylic acid groups (broad SMARTS) is 1. The second kappa shape index (κ2) is 7.47. The van der Waals surface area contributed by atoms with Gasteiger partial charge in [-0.05, 0) is 29.3 Å². The Hall–Kier alpha value is -3.03. The second-order valence-electron chi connectivity index (χ2n) is 5.87. The predicted molar refractivity (Wildman–Crippen MR) is 88.4 cm³/mol. The van der Waals surface area contributed by atoms with Crippen LogP contribution in [0.4, 0.5) is 8.78 Å². The number of ether oxygens (including phenoxy) is 1. The van der Waals surface area contributed by atoms with Crippen molar-refractivity contribution in [1.29, 1.82) is 0 Å². The molecule has 3 rings (SSSR count). The van der Waals surface area contributed by atoms with Gasteiger partial charge in [0.15, 0.2) is 0 Å². The molecule has 136 valence electrons. The SMILES string of the molecule is O=C(NC(CC(F)F)C(=O)O)c1cncc(-c2ccc3c(c2)CCO3)c1. The fraction of sp³-hybridized carbons (Fsp3) is 0.278. The van der Waals surface area contributed by atoms with Crippen LogP contribution in [0.1, 0.15) is 22.3 Å². The maximum atomic E-state index is 12.5. The molecular weight excluding hydrogens is 346 g/mol. The third kappa shape index (κ3) is 3.96. The predicted octanol–water partition coefficient (Wildman–Crippen LogP) is 2.52. The Morgan fingerprint density at radius 1 is 1.23 bits per heavy atom. The molecule has 2 heterocycles. The van der Waals surface area contributed by atoms with Gasteiger partial charge in [-0.25, -0.2) is 13.6 Å². The van der Waals surface area contributed by atoms with Crippen molar-refractivity contribution in [2.75, 3.05) is 6.61 Å². The van der Waals surface area contributed by atoms with Gasteiger partial charge < -0.3 is 15.2 Å². The van der Waals surface area contributed by atoms with E-state index in [-0.39, 0.29) is 5.56 Å². The first-order chi connectivity index (χ1) is 12.4. The van der Waals surface area contributed by atoms with Crippen molar-refractivity contribution >= 4 is 11.9 Å². The van der Waals surface area contributed by atoms with Crippen LogP contribution in [0, 0.1) is 0 Å². The molecule has 0 radical (unpaired) electrons. The number of rotatable bonds is 6. The van der Waals surface area contributed by atoms with Crippen molar-refractivity contribution in [3.05, 3.63) is 47.8 Å². The minimum absolute atomic E-state index is 0.0970. The van der Waals surface area contributed by atoms with Crippen LogP contribution in [0.3, 0.4) is 0 Å². The second-order valence-corrected chi connectivity index (χ2v) is 5.87. The summed E-state index contributed by atoms with van der Waals surface area (Å²) in [7, 11) is 0. The summed E-state index contributed by atoms with van der Waals surface area (Å²) in [5.74, 6) is -1.45. The number of alkyl halides is 2. The molecular formula is C18H16F2N2O4. The van der Waals surface area contributed by atoms with E-state index in [4.69, 9.17) is 9.84 Å². The van der Waals surface area contributed by atoms with Crippen molar-refractivity contribution in [1.82, 2.24) is 10.3 Å². The van der Waals surface area contributed by atoms with Crippen molar-refractivity contribution in [3.63, 3.8) is 0 Å². The lowest BCUT2D eigenvalue weighted by Crippen LogP contribution is -2.42. The Morgan fingerprint density at radius 3 is 2.77 bits per heavy atom. The third-order valence-corrected chi connectivity index (χ3v) is 4.04. The molecule has 0 spiro atoms. The number of aliphatic carboxylic acids is 1. The first-order valence-corrected chi connectivity index (χ1v) is 7.97. The average Bonchev–Trinajstić information content (AvgIpc) is 3.08. The fourth-order valence-electron chi connectivity index (χ4n) is 2.73. The maximum Gasteiger partial charge on any atom is 0.326 e. The molecule has 26 heavy (non-hydrogen) atoms. The van der Waals surface area contributed by atoms with Gasteiger partial charge in [0.25, 0.3) is 5.91 Å². The lowest BCUT2D eigenvalue weighted by Gasteiger charge is -2.14. The number of carboxylic acids is 1. The quantitative estimate of drug-likeness (QED) is 0.824. The molecule has 0 fully saturated rings. The van der Waals surface area contributed by atoms with E-state index < -0.39 is 30.8 Å². The summed E-state index contributed by atoms with van der Waals surface area (Å²) in [5, 5.41) is 11.1. The van der Waals surface area contributed by atoms with Crippen molar-refractivity contribution in [2.45, 2.75) is 25.3 Å². The summed E-state index contributed by atoms with van der Waals surface area (Å²) in [6.07, 6.45) is -0.169. The number of benzene rings is 1. The zero-order valence-electron chi connectivity index (χ0n) is 13.6. The molecule has 1 amide bonds. The van der Waals surface area contributed by atoms with E-state index in [9.17, 15) is 18.4 Å². The highest BCUT2D eigenvalue weighted by molar-refractivity contribution is 5.97. The van der Waals surface area contributed by atoms with Gasteiger partial charge in [-0.1, -0.05) is 6.07 Å². The van der Waals surface area contributed by atoms with Crippen LogP contribution < -0.4 is 10.1 Å². The molecule has 0 saturated carbocycles. The number of hydrogen-bond acceptors (Lipinski definition) is 4. The summed E-state index contributed by atoms with van der Waals surface area (Å²) in [4.78, 5) is 27.3. The van der Waals surface area contributed by atoms with E-state index in [1.165, 1.54) is 6.20 Å². The average molecular weight is 362 g/mol. The summed E-state index contributed by atoms with van der Waals surface area (Å²) < 4.78 is 30.4. The van der Waals surface area contributed by atoms with Gasteiger partial charge in [0, 0.05) is 30.8 Å². The number of nitrogens with zero attached hydrogens (tertiary/aromatic N) is 1. The van der Waals surface area contributed by atoms with Crippen LogP contribution in [0.15, 0.2) is 36.7 Å². The lowest BCUT2D eigenvalue weighted by atomic mass is 10.0. The molecule has 1 aromatic heterocycles. The zero-order chi connectivity index (χ0) is 18.7. The molecule has 2 aromatic rings.